The number of aliphatic hydroxyl groups is 1. The van der Waals surface area contributed by atoms with Crippen molar-refractivity contribution in [3.05, 3.63) is 54.6 Å². The van der Waals surface area contributed by atoms with E-state index in [9.17, 15) is 9.90 Å². The molecule has 0 fully saturated rings. The Kier molecular flexibility index (Phi) is 7.41. The minimum Gasteiger partial charge on any atom is -0.557 e. The van der Waals surface area contributed by atoms with E-state index >= 15 is 0 Å². The predicted octanol–water partition coefficient (Wildman–Crippen LogP) is 9.27. The average Bonchev–Trinajstić information content (AvgIpc) is 3.60. The van der Waals surface area contributed by atoms with Gasteiger partial charge >= 0.3 is 0 Å². The Morgan fingerprint density at radius 2 is 1.31 bits per heavy atom. The number of fused-ring (bicyclic) bond motifs is 1. The van der Waals surface area contributed by atoms with Crippen LogP contribution in [-0.2, 0) is 24.9 Å². The fourth-order valence-electron chi connectivity index (χ4n) is 5.76. The average molecular weight is 701 g/mol. The molecule has 6 nitrogen and oxygen atoms in total. The molecule has 1 aliphatic rings. The summed E-state index contributed by atoms with van der Waals surface area (Å²) in [6.07, 6.45) is 9.71. The van der Waals surface area contributed by atoms with Crippen LogP contribution in [0.3, 0.4) is 0 Å². The van der Waals surface area contributed by atoms with Gasteiger partial charge in [0.05, 0.1) is 5.76 Å². The number of carbonyl (C=O) groups is 1. The van der Waals surface area contributed by atoms with Crippen LogP contribution < -0.4 is 0 Å². The summed E-state index contributed by atoms with van der Waals surface area (Å²) in [7, 11) is 0. The van der Waals surface area contributed by atoms with Crippen molar-refractivity contribution in [2.24, 2.45) is 11.8 Å². The van der Waals surface area contributed by atoms with E-state index in [2.05, 4.69) is 11.2 Å². The second-order valence-corrected chi connectivity index (χ2v) is 9.94. The molecule has 7 rings (SSSR count). The van der Waals surface area contributed by atoms with Crippen LogP contribution in [0.4, 0.5) is 0 Å². The minimum atomic E-state index is 0. The number of rotatable bonds is 7. The van der Waals surface area contributed by atoms with Crippen LogP contribution in [0.2, 0.25) is 0 Å². The molecule has 0 atom stereocenters. The van der Waals surface area contributed by atoms with Gasteiger partial charge in [-0.2, -0.15) is 0 Å². The Morgan fingerprint density at radius 3 is 1.90 bits per heavy atom. The van der Waals surface area contributed by atoms with Crippen molar-refractivity contribution in [1.29, 1.82) is 0 Å². The first-order chi connectivity index (χ1) is 18.5. The molecular formula is C32H30IrNO5-. The Balaban J connectivity index is 0.000000172. The molecule has 39 heavy (non-hydrogen) atoms. The third kappa shape index (κ3) is 4.19. The van der Waals surface area contributed by atoms with Crippen molar-refractivity contribution in [1.82, 2.24) is 4.98 Å². The maximum absolute atomic E-state index is 11.7. The van der Waals surface area contributed by atoms with Gasteiger partial charge in [0.1, 0.15) is 22.3 Å². The molecule has 0 saturated heterocycles. The third-order valence-corrected chi connectivity index (χ3v) is 7.94. The minimum absolute atomic E-state index is 0. The monoisotopic (exact) mass is 701 g/mol. The molecule has 4 aromatic heterocycles. The third-order valence-electron chi connectivity index (χ3n) is 7.94. The summed E-state index contributed by atoms with van der Waals surface area (Å²) in [5, 5.41) is 15.0. The van der Waals surface area contributed by atoms with Crippen molar-refractivity contribution in [2.45, 2.75) is 53.4 Å². The van der Waals surface area contributed by atoms with E-state index in [1.165, 1.54) is 6.08 Å². The molecule has 1 N–H and O–H groups in total. The molecule has 0 amide bonds. The van der Waals surface area contributed by atoms with Gasteiger partial charge in [-0.3, -0.25) is 4.79 Å². The van der Waals surface area contributed by atoms with Crippen molar-refractivity contribution < 1.29 is 43.3 Å². The number of aromatic nitrogens is 1. The second-order valence-electron chi connectivity index (χ2n) is 9.94. The molecule has 4 heterocycles. The summed E-state index contributed by atoms with van der Waals surface area (Å²) >= 11 is 0. The van der Waals surface area contributed by atoms with Crippen LogP contribution in [0, 0.1) is 18.1 Å². The first kappa shape index (κ1) is 27.2. The van der Waals surface area contributed by atoms with Crippen molar-refractivity contribution in [3.8, 4) is 11.3 Å². The molecule has 0 unspecified atom stereocenters. The Morgan fingerprint density at radius 1 is 0.795 bits per heavy atom. The van der Waals surface area contributed by atoms with E-state index in [1.54, 1.807) is 6.20 Å². The largest absolute Gasteiger partial charge is 0.557 e. The first-order valence-corrected chi connectivity index (χ1v) is 13.4. The van der Waals surface area contributed by atoms with Crippen LogP contribution in [0.1, 0.15) is 53.4 Å². The second kappa shape index (κ2) is 10.6. The van der Waals surface area contributed by atoms with Crippen molar-refractivity contribution in [3.63, 3.8) is 0 Å². The van der Waals surface area contributed by atoms with Gasteiger partial charge in [-0.15, -0.1) is 0 Å². The molecule has 0 bridgehead atoms. The molecule has 0 saturated carbocycles. The fraction of sp³-hybridized carbons (Fsp3) is 0.312. The van der Waals surface area contributed by atoms with Gasteiger partial charge in [0.25, 0.3) is 0 Å². The summed E-state index contributed by atoms with van der Waals surface area (Å²) in [5.41, 5.74) is 5.90. The van der Waals surface area contributed by atoms with Gasteiger partial charge in [0.15, 0.2) is 5.78 Å². The van der Waals surface area contributed by atoms with Crippen LogP contribution in [0.15, 0.2) is 61.6 Å². The van der Waals surface area contributed by atoms with E-state index < -0.39 is 0 Å². The van der Waals surface area contributed by atoms with Crippen LogP contribution in [0.25, 0.3) is 66.1 Å². The number of aliphatic hydroxyl groups excluding tert-OH is 1. The number of pyridine rings is 1. The number of ketones is 1. The number of allylic oxidation sites excluding steroid dienone is 2. The van der Waals surface area contributed by atoms with E-state index in [1.807, 2.05) is 58.0 Å². The van der Waals surface area contributed by atoms with E-state index in [0.29, 0.717) is 0 Å². The zero-order valence-corrected chi connectivity index (χ0v) is 24.8. The zero-order chi connectivity index (χ0) is 26.6. The topological polar surface area (TPSA) is 89.6 Å². The van der Waals surface area contributed by atoms with Gasteiger partial charge in [0.2, 0.25) is 0 Å². The molecule has 7 heteroatoms. The van der Waals surface area contributed by atoms with Crippen LogP contribution in [0.5, 0.6) is 0 Å². The standard InChI is InChI=1S/C19H6NO3.C13H24O2.Ir/c1-2-10-15-14-8(7-21-9(1)14)19-18-13(5-6-20-19)23-12-4-3-11(22-10)16(15)17(12)18;1-5-10(6-2)12(14)9-13(15)11(7-3)8-4;/h1-6H;9-11,14H,5-8H2,1-4H3;/q-1;;/b;12-9-;. The molecule has 2 aromatic carbocycles. The molecule has 0 aliphatic heterocycles. The molecule has 1 radical (unpaired) electrons. The van der Waals surface area contributed by atoms with Gasteiger partial charge in [-0.05, 0) is 55.3 Å². The van der Waals surface area contributed by atoms with E-state index in [4.69, 9.17) is 13.3 Å². The summed E-state index contributed by atoms with van der Waals surface area (Å²) in [5.74, 6) is 0.547. The van der Waals surface area contributed by atoms with Crippen molar-refractivity contribution >= 4 is 60.6 Å². The number of furan rings is 3. The first-order valence-electron chi connectivity index (χ1n) is 13.4. The smallest absolute Gasteiger partial charge is 0.162 e. The maximum atomic E-state index is 11.7. The number of nitrogens with zero attached hydrogens (tertiary/aromatic N) is 1. The van der Waals surface area contributed by atoms with Crippen LogP contribution in [-0.4, -0.2) is 15.9 Å². The van der Waals surface area contributed by atoms with Crippen molar-refractivity contribution in [2.75, 3.05) is 0 Å². The van der Waals surface area contributed by atoms with E-state index in [0.717, 1.165) is 91.8 Å². The summed E-state index contributed by atoms with van der Waals surface area (Å²) < 4.78 is 17.8. The SMILES string of the molecule is CCC(CC)C(=O)/C=C(\O)C(CC)CC.[Ir].[c-]1oc2ccc3oc4ccc5oc6ccnc7c6c5c4c3c2c1-7. The van der Waals surface area contributed by atoms with Gasteiger partial charge in [-0.25, -0.2) is 0 Å². The van der Waals surface area contributed by atoms with Gasteiger partial charge in [0, 0.05) is 77.9 Å². The summed E-state index contributed by atoms with van der Waals surface area (Å²) in [6, 6.07) is 9.71. The number of hydrogen-bond acceptors (Lipinski definition) is 6. The Hall–Kier alpha value is -3.41. The number of carbonyl (C=O) groups excluding carboxylic acids is 1. The van der Waals surface area contributed by atoms with Gasteiger partial charge in [-0.1, -0.05) is 44.7 Å². The molecular weight excluding hydrogens is 671 g/mol. The molecule has 1 aliphatic carbocycles. The Bertz CT molecular complexity index is 1860. The summed E-state index contributed by atoms with van der Waals surface area (Å²) in [6.45, 7) is 8.07. The van der Waals surface area contributed by atoms with Gasteiger partial charge < -0.3 is 23.3 Å². The zero-order valence-electron chi connectivity index (χ0n) is 22.4. The van der Waals surface area contributed by atoms with E-state index in [-0.39, 0.29) is 43.5 Å². The predicted molar refractivity (Wildman–Crippen MR) is 150 cm³/mol. The number of hydrogen-bond donors (Lipinski definition) is 1. The maximum Gasteiger partial charge on any atom is 0.162 e. The molecule has 6 aromatic rings. The quantitative estimate of drug-likeness (QED) is 0.101. The van der Waals surface area contributed by atoms with Crippen LogP contribution >= 0.6 is 0 Å². The number of benzene rings is 2. The molecule has 203 valence electrons. The fourth-order valence-corrected chi connectivity index (χ4v) is 5.76. The normalized spacial score (nSPS) is 12.6. The summed E-state index contributed by atoms with van der Waals surface area (Å²) in [4.78, 5) is 16.3. The molecule has 0 spiro atoms. The Labute approximate surface area is 239 Å².